The fraction of sp³-hybridized carbons (Fsp3) is 0.278. The van der Waals surface area contributed by atoms with Gasteiger partial charge in [-0.05, 0) is 37.3 Å². The third-order valence-electron chi connectivity index (χ3n) is 3.75. The number of nitrogens with one attached hydrogen (secondary N) is 1. The predicted molar refractivity (Wildman–Crippen MR) is 97.2 cm³/mol. The summed E-state index contributed by atoms with van der Waals surface area (Å²) in [6.45, 7) is 3.17. The number of carbonyl (C=O) groups excluding carboxylic acids is 1. The standard InChI is InChI=1S/C18H21FN2O4S/c1-4-21(12-18(22)20-15-8-5-13(2)6-9-15)26(23,24)17-11-14(19)7-10-16(17)25-3/h5-11H,4,12H2,1-3H3,(H,20,22). The number of hydrogen-bond acceptors (Lipinski definition) is 4. The van der Waals surface area contributed by atoms with Gasteiger partial charge in [-0.1, -0.05) is 24.6 Å². The Labute approximate surface area is 152 Å². The smallest absolute Gasteiger partial charge is 0.247 e. The molecule has 0 saturated heterocycles. The average molecular weight is 380 g/mol. The van der Waals surface area contributed by atoms with Crippen molar-refractivity contribution in [2.45, 2.75) is 18.7 Å². The molecule has 2 rings (SSSR count). The van der Waals surface area contributed by atoms with Gasteiger partial charge in [0.1, 0.15) is 16.5 Å². The highest BCUT2D eigenvalue weighted by Gasteiger charge is 2.29. The normalized spacial score (nSPS) is 11.4. The number of ether oxygens (including phenoxy) is 1. The molecule has 0 heterocycles. The Morgan fingerprint density at radius 2 is 1.85 bits per heavy atom. The zero-order chi connectivity index (χ0) is 19.3. The lowest BCUT2D eigenvalue weighted by Crippen LogP contribution is -2.38. The summed E-state index contributed by atoms with van der Waals surface area (Å²) in [7, 11) is -2.80. The second-order valence-electron chi connectivity index (χ2n) is 5.64. The maximum Gasteiger partial charge on any atom is 0.247 e. The molecule has 2 aromatic carbocycles. The zero-order valence-electron chi connectivity index (χ0n) is 14.8. The highest BCUT2D eigenvalue weighted by atomic mass is 32.2. The molecule has 0 aliphatic carbocycles. The number of benzene rings is 2. The third kappa shape index (κ3) is 4.59. The van der Waals surface area contributed by atoms with E-state index in [1.165, 1.54) is 13.2 Å². The highest BCUT2D eigenvalue weighted by Crippen LogP contribution is 2.27. The number of likely N-dealkylation sites (N-methyl/N-ethyl adjacent to an activating group) is 1. The molecule has 0 radical (unpaired) electrons. The van der Waals surface area contributed by atoms with Crippen molar-refractivity contribution in [3.05, 3.63) is 53.8 Å². The van der Waals surface area contributed by atoms with Crippen LogP contribution in [0.1, 0.15) is 12.5 Å². The van der Waals surface area contributed by atoms with Gasteiger partial charge in [0, 0.05) is 12.2 Å². The van der Waals surface area contributed by atoms with Gasteiger partial charge in [0.05, 0.1) is 13.7 Å². The van der Waals surface area contributed by atoms with Crippen LogP contribution in [0.2, 0.25) is 0 Å². The summed E-state index contributed by atoms with van der Waals surface area (Å²) in [6.07, 6.45) is 0. The topological polar surface area (TPSA) is 75.7 Å². The Balaban J connectivity index is 2.22. The molecule has 0 atom stereocenters. The molecule has 2 aromatic rings. The summed E-state index contributed by atoms with van der Waals surface area (Å²) >= 11 is 0. The first-order chi connectivity index (χ1) is 12.3. The van der Waals surface area contributed by atoms with Gasteiger partial charge in [-0.15, -0.1) is 0 Å². The molecular weight excluding hydrogens is 359 g/mol. The number of rotatable bonds is 7. The molecule has 140 valence electrons. The monoisotopic (exact) mass is 380 g/mol. The molecule has 1 amide bonds. The lowest BCUT2D eigenvalue weighted by Gasteiger charge is -2.21. The zero-order valence-corrected chi connectivity index (χ0v) is 15.6. The van der Waals surface area contributed by atoms with Crippen molar-refractivity contribution in [2.24, 2.45) is 0 Å². The van der Waals surface area contributed by atoms with E-state index in [0.717, 1.165) is 22.0 Å². The SMILES string of the molecule is CCN(CC(=O)Nc1ccc(C)cc1)S(=O)(=O)c1cc(F)ccc1OC. The molecule has 0 aliphatic rings. The molecule has 0 bridgehead atoms. The minimum atomic E-state index is -4.10. The Kier molecular flexibility index (Phi) is 6.33. The van der Waals surface area contributed by atoms with Crippen LogP contribution in [-0.2, 0) is 14.8 Å². The lowest BCUT2D eigenvalue weighted by atomic mass is 10.2. The number of nitrogens with zero attached hydrogens (tertiary/aromatic N) is 1. The largest absolute Gasteiger partial charge is 0.495 e. The maximum absolute atomic E-state index is 13.5. The van der Waals surface area contributed by atoms with Crippen molar-refractivity contribution in [3.63, 3.8) is 0 Å². The molecule has 1 N–H and O–H groups in total. The second-order valence-corrected chi connectivity index (χ2v) is 7.55. The van der Waals surface area contributed by atoms with Crippen LogP contribution in [0.15, 0.2) is 47.4 Å². The third-order valence-corrected chi connectivity index (χ3v) is 5.69. The van der Waals surface area contributed by atoms with Crippen molar-refractivity contribution in [1.29, 1.82) is 0 Å². The number of methoxy groups -OCH3 is 1. The fourth-order valence-electron chi connectivity index (χ4n) is 2.36. The molecule has 0 aliphatic heterocycles. The van der Waals surface area contributed by atoms with Crippen LogP contribution in [0.25, 0.3) is 0 Å². The Morgan fingerprint density at radius 3 is 2.42 bits per heavy atom. The number of halogens is 1. The van der Waals surface area contributed by atoms with E-state index >= 15 is 0 Å². The van der Waals surface area contributed by atoms with Crippen LogP contribution < -0.4 is 10.1 Å². The summed E-state index contributed by atoms with van der Waals surface area (Å²) in [5.74, 6) is -1.18. The van der Waals surface area contributed by atoms with Crippen molar-refractivity contribution in [3.8, 4) is 5.75 Å². The van der Waals surface area contributed by atoms with Gasteiger partial charge >= 0.3 is 0 Å². The van der Waals surface area contributed by atoms with Crippen molar-refractivity contribution < 1.29 is 22.3 Å². The van der Waals surface area contributed by atoms with E-state index in [2.05, 4.69) is 5.32 Å². The van der Waals surface area contributed by atoms with Gasteiger partial charge in [0.2, 0.25) is 15.9 Å². The maximum atomic E-state index is 13.5. The summed E-state index contributed by atoms with van der Waals surface area (Å²) in [5.41, 5.74) is 1.61. The predicted octanol–water partition coefficient (Wildman–Crippen LogP) is 2.79. The van der Waals surface area contributed by atoms with Crippen LogP contribution in [0.4, 0.5) is 10.1 Å². The van der Waals surface area contributed by atoms with Crippen molar-refractivity contribution in [1.82, 2.24) is 4.31 Å². The van der Waals surface area contributed by atoms with Crippen LogP contribution in [0.3, 0.4) is 0 Å². The van der Waals surface area contributed by atoms with Crippen LogP contribution in [0, 0.1) is 12.7 Å². The fourth-order valence-corrected chi connectivity index (χ4v) is 3.93. The summed E-state index contributed by atoms with van der Waals surface area (Å²) in [5, 5.41) is 2.65. The van der Waals surface area contributed by atoms with E-state index in [1.54, 1.807) is 19.1 Å². The van der Waals surface area contributed by atoms with E-state index < -0.39 is 28.3 Å². The number of anilines is 1. The first kappa shape index (κ1) is 19.9. The molecule has 0 spiro atoms. The van der Waals surface area contributed by atoms with Gasteiger partial charge in [0.15, 0.2) is 0 Å². The quantitative estimate of drug-likeness (QED) is 0.801. The van der Waals surface area contributed by atoms with E-state index in [4.69, 9.17) is 4.74 Å². The van der Waals surface area contributed by atoms with Crippen LogP contribution in [-0.4, -0.2) is 38.8 Å². The number of sulfonamides is 1. The minimum absolute atomic E-state index is 0.0174. The number of aryl methyl sites for hydroxylation is 1. The van der Waals surface area contributed by atoms with Gasteiger partial charge in [-0.3, -0.25) is 4.79 Å². The van der Waals surface area contributed by atoms with E-state index in [1.807, 2.05) is 19.1 Å². The molecule has 0 fully saturated rings. The van der Waals surface area contributed by atoms with Gasteiger partial charge in [0.25, 0.3) is 0 Å². The Morgan fingerprint density at radius 1 is 1.19 bits per heavy atom. The molecular formula is C18H21FN2O4S. The van der Waals surface area contributed by atoms with E-state index in [-0.39, 0.29) is 17.2 Å². The highest BCUT2D eigenvalue weighted by molar-refractivity contribution is 7.89. The summed E-state index contributed by atoms with van der Waals surface area (Å²) < 4.78 is 45.2. The van der Waals surface area contributed by atoms with Gasteiger partial charge in [-0.2, -0.15) is 4.31 Å². The molecule has 8 heteroatoms. The first-order valence-corrected chi connectivity index (χ1v) is 9.42. The molecule has 6 nitrogen and oxygen atoms in total. The molecule has 0 unspecified atom stereocenters. The summed E-state index contributed by atoms with van der Waals surface area (Å²) in [4.78, 5) is 11.9. The van der Waals surface area contributed by atoms with Crippen molar-refractivity contribution >= 4 is 21.6 Å². The minimum Gasteiger partial charge on any atom is -0.495 e. The average Bonchev–Trinajstić information content (AvgIpc) is 2.61. The van der Waals surface area contributed by atoms with Crippen LogP contribution in [0.5, 0.6) is 5.75 Å². The van der Waals surface area contributed by atoms with Crippen molar-refractivity contribution in [2.75, 3.05) is 25.5 Å². The molecule has 0 saturated carbocycles. The van der Waals surface area contributed by atoms with E-state index in [9.17, 15) is 17.6 Å². The number of hydrogen-bond donors (Lipinski definition) is 1. The Bertz CT molecular complexity index is 883. The Hall–Kier alpha value is -2.45. The summed E-state index contributed by atoms with van der Waals surface area (Å²) in [6, 6.07) is 10.4. The van der Waals surface area contributed by atoms with Gasteiger partial charge < -0.3 is 10.1 Å². The van der Waals surface area contributed by atoms with Gasteiger partial charge in [-0.25, -0.2) is 12.8 Å². The molecule has 0 aromatic heterocycles. The van der Waals surface area contributed by atoms with E-state index in [0.29, 0.717) is 5.69 Å². The van der Waals surface area contributed by atoms with Crippen LogP contribution >= 0.6 is 0 Å². The number of amides is 1. The second kappa shape index (κ2) is 8.29. The first-order valence-electron chi connectivity index (χ1n) is 7.98. The number of carbonyl (C=O) groups is 1. The lowest BCUT2D eigenvalue weighted by molar-refractivity contribution is -0.116. The molecule has 26 heavy (non-hydrogen) atoms.